The fraction of sp³-hybridized carbons (Fsp3) is 0.211. The lowest BCUT2D eigenvalue weighted by atomic mass is 10.2. The van der Waals surface area contributed by atoms with Crippen LogP contribution in [0.25, 0.3) is 16.7 Å². The lowest BCUT2D eigenvalue weighted by Gasteiger charge is -2.12. The molecule has 0 saturated carbocycles. The number of para-hydroxylation sites is 2. The average molecular weight is 411 g/mol. The van der Waals surface area contributed by atoms with E-state index < -0.39 is 4.92 Å². The number of thioether (sulfide) groups is 1. The molecule has 0 fully saturated rings. The molecule has 0 bridgehead atoms. The van der Waals surface area contributed by atoms with Gasteiger partial charge in [0.25, 0.3) is 5.69 Å². The number of nitro groups is 1. The summed E-state index contributed by atoms with van der Waals surface area (Å²) in [7, 11) is 1.60. The molecule has 0 atom stereocenters. The van der Waals surface area contributed by atoms with Crippen molar-refractivity contribution < 1.29 is 14.2 Å². The van der Waals surface area contributed by atoms with Gasteiger partial charge in [0, 0.05) is 18.6 Å². The van der Waals surface area contributed by atoms with Gasteiger partial charge in [-0.15, -0.1) is 0 Å². The molecule has 9 nitrogen and oxygen atoms in total. The quantitative estimate of drug-likeness (QED) is 0.253. The number of hydrogen-bond acceptors (Lipinski definition) is 8. The number of nitro benzene ring substituents is 1. The van der Waals surface area contributed by atoms with Crippen LogP contribution in [-0.4, -0.2) is 31.7 Å². The van der Waals surface area contributed by atoms with Crippen LogP contribution in [0.15, 0.2) is 52.1 Å². The summed E-state index contributed by atoms with van der Waals surface area (Å²) in [5.41, 5.74) is 2.03. The first-order valence-corrected chi connectivity index (χ1v) is 9.83. The van der Waals surface area contributed by atoms with Gasteiger partial charge in [0.2, 0.25) is 5.89 Å². The number of benzene rings is 2. The molecular weight excluding hydrogens is 394 g/mol. The summed E-state index contributed by atoms with van der Waals surface area (Å²) in [6.07, 6.45) is 0.692. The highest BCUT2D eigenvalue weighted by molar-refractivity contribution is 7.98. The van der Waals surface area contributed by atoms with E-state index in [1.165, 1.54) is 23.9 Å². The van der Waals surface area contributed by atoms with Crippen molar-refractivity contribution >= 4 is 28.5 Å². The first-order chi connectivity index (χ1) is 14.1. The zero-order valence-corrected chi connectivity index (χ0v) is 16.5. The van der Waals surface area contributed by atoms with Gasteiger partial charge in [0.1, 0.15) is 5.75 Å². The van der Waals surface area contributed by atoms with Crippen LogP contribution in [0.2, 0.25) is 0 Å². The molecule has 2 heterocycles. The zero-order chi connectivity index (χ0) is 20.4. The van der Waals surface area contributed by atoms with Crippen LogP contribution in [-0.2, 0) is 12.2 Å². The Kier molecular flexibility index (Phi) is 5.17. The Morgan fingerprint density at radius 1 is 1.24 bits per heavy atom. The Bertz CT molecular complexity index is 1190. The molecule has 0 N–H and O–H groups in total. The van der Waals surface area contributed by atoms with Crippen molar-refractivity contribution in [2.75, 3.05) is 7.11 Å². The van der Waals surface area contributed by atoms with Crippen LogP contribution in [0, 0.1) is 10.1 Å². The monoisotopic (exact) mass is 411 g/mol. The highest BCUT2D eigenvalue weighted by atomic mass is 32.2. The van der Waals surface area contributed by atoms with Gasteiger partial charge in [-0.1, -0.05) is 36.0 Å². The number of hydrogen-bond donors (Lipinski definition) is 0. The van der Waals surface area contributed by atoms with Gasteiger partial charge >= 0.3 is 0 Å². The summed E-state index contributed by atoms with van der Waals surface area (Å²) < 4.78 is 12.7. The summed E-state index contributed by atoms with van der Waals surface area (Å²) in [4.78, 5) is 19.7. The Morgan fingerprint density at radius 2 is 2.07 bits per heavy atom. The molecule has 0 aliphatic heterocycles. The molecule has 148 valence electrons. The molecule has 2 aromatic heterocycles. The fourth-order valence-electron chi connectivity index (χ4n) is 2.92. The predicted molar refractivity (Wildman–Crippen MR) is 108 cm³/mol. The highest BCUT2D eigenvalue weighted by Gasteiger charge is 2.19. The summed E-state index contributed by atoms with van der Waals surface area (Å²) >= 11 is 1.41. The molecule has 2 aromatic carbocycles. The third-order valence-electron chi connectivity index (χ3n) is 4.30. The molecule has 29 heavy (non-hydrogen) atoms. The Morgan fingerprint density at radius 3 is 2.79 bits per heavy atom. The number of ether oxygens (including phenoxy) is 1. The van der Waals surface area contributed by atoms with Gasteiger partial charge in [0.15, 0.2) is 11.0 Å². The lowest BCUT2D eigenvalue weighted by molar-refractivity contribution is -0.384. The SMILES string of the molecule is CCc1noc(CSc2nc3cc([N+](=O)[O-])ccc3n2-c2ccccc2OC)n1. The van der Waals surface area contributed by atoms with E-state index in [1.54, 1.807) is 13.2 Å². The van der Waals surface area contributed by atoms with Crippen molar-refractivity contribution in [2.45, 2.75) is 24.3 Å². The summed E-state index contributed by atoms with van der Waals surface area (Å²) in [6.45, 7) is 1.95. The minimum Gasteiger partial charge on any atom is -0.495 e. The van der Waals surface area contributed by atoms with Crippen molar-refractivity contribution in [3.8, 4) is 11.4 Å². The lowest BCUT2D eigenvalue weighted by Crippen LogP contribution is -2.00. The van der Waals surface area contributed by atoms with Crippen LogP contribution in [0.4, 0.5) is 5.69 Å². The maximum absolute atomic E-state index is 11.2. The first kappa shape index (κ1) is 18.9. The number of non-ortho nitro benzene ring substituents is 1. The third kappa shape index (κ3) is 3.66. The van der Waals surface area contributed by atoms with Gasteiger partial charge in [-0.05, 0) is 18.2 Å². The Labute approximate surface area is 169 Å². The number of methoxy groups -OCH3 is 1. The molecule has 4 aromatic rings. The van der Waals surface area contributed by atoms with Crippen LogP contribution in [0.1, 0.15) is 18.6 Å². The predicted octanol–water partition coefficient (Wildman–Crippen LogP) is 4.18. The minimum absolute atomic E-state index is 0.0109. The van der Waals surface area contributed by atoms with Crippen molar-refractivity contribution in [1.29, 1.82) is 0 Å². The molecular formula is C19H17N5O4S. The van der Waals surface area contributed by atoms with Crippen molar-refractivity contribution in [1.82, 2.24) is 19.7 Å². The summed E-state index contributed by atoms with van der Waals surface area (Å²) in [5.74, 6) is 2.23. The second-order valence-corrected chi connectivity index (χ2v) is 7.02. The number of aryl methyl sites for hydroxylation is 1. The average Bonchev–Trinajstić information content (AvgIpc) is 3.35. The van der Waals surface area contributed by atoms with E-state index in [1.807, 2.05) is 35.8 Å². The van der Waals surface area contributed by atoms with Crippen LogP contribution in [0.5, 0.6) is 5.75 Å². The van der Waals surface area contributed by atoms with Gasteiger partial charge in [-0.25, -0.2) is 4.98 Å². The Hall–Kier alpha value is -3.40. The van der Waals surface area contributed by atoms with E-state index in [2.05, 4.69) is 15.1 Å². The van der Waals surface area contributed by atoms with E-state index in [4.69, 9.17) is 9.26 Å². The van der Waals surface area contributed by atoms with Gasteiger partial charge in [0.05, 0.1) is 34.5 Å². The van der Waals surface area contributed by atoms with Gasteiger partial charge in [-0.2, -0.15) is 4.98 Å². The number of fused-ring (bicyclic) bond motifs is 1. The second-order valence-electron chi connectivity index (χ2n) is 6.08. The molecule has 10 heteroatoms. The van der Waals surface area contributed by atoms with Crippen molar-refractivity contribution in [2.24, 2.45) is 0 Å². The molecule has 4 rings (SSSR count). The van der Waals surface area contributed by atoms with Gasteiger partial charge < -0.3 is 9.26 Å². The maximum atomic E-state index is 11.2. The zero-order valence-electron chi connectivity index (χ0n) is 15.7. The van der Waals surface area contributed by atoms with Crippen molar-refractivity contribution in [3.63, 3.8) is 0 Å². The van der Waals surface area contributed by atoms with E-state index in [9.17, 15) is 10.1 Å². The topological polar surface area (TPSA) is 109 Å². The Balaban J connectivity index is 1.81. The normalized spacial score (nSPS) is 11.1. The smallest absolute Gasteiger partial charge is 0.271 e. The third-order valence-corrected chi connectivity index (χ3v) is 5.22. The molecule has 0 aliphatic carbocycles. The minimum atomic E-state index is -0.431. The second kappa shape index (κ2) is 7.92. The van der Waals surface area contributed by atoms with E-state index in [0.29, 0.717) is 40.3 Å². The largest absolute Gasteiger partial charge is 0.495 e. The van der Waals surface area contributed by atoms with Crippen molar-refractivity contribution in [3.05, 3.63) is 64.3 Å². The molecule has 0 spiro atoms. The summed E-state index contributed by atoms with van der Waals surface area (Å²) in [6, 6.07) is 12.2. The van der Waals surface area contributed by atoms with E-state index in [0.717, 1.165) is 11.2 Å². The van der Waals surface area contributed by atoms with Crippen LogP contribution < -0.4 is 4.74 Å². The molecule has 0 aliphatic rings. The van der Waals surface area contributed by atoms with Crippen LogP contribution in [0.3, 0.4) is 0 Å². The molecule has 0 amide bonds. The fourth-order valence-corrected chi connectivity index (χ4v) is 3.78. The van der Waals surface area contributed by atoms with E-state index in [-0.39, 0.29) is 5.69 Å². The molecule has 0 saturated heterocycles. The van der Waals surface area contributed by atoms with Gasteiger partial charge in [-0.3, -0.25) is 14.7 Å². The standard InChI is InChI=1S/C19H17N5O4S/c1-3-17-21-18(28-22-17)11-29-19-20-13-10-12(24(25)26)8-9-14(13)23(19)15-6-4-5-7-16(15)27-2/h4-10H,3,11H2,1-2H3. The highest BCUT2D eigenvalue weighted by Crippen LogP contribution is 2.34. The summed E-state index contributed by atoms with van der Waals surface area (Å²) in [5, 5.41) is 15.7. The van der Waals surface area contributed by atoms with Crippen LogP contribution >= 0.6 is 11.8 Å². The van der Waals surface area contributed by atoms with E-state index >= 15 is 0 Å². The number of imidazole rings is 1. The molecule has 0 unspecified atom stereocenters. The molecule has 0 radical (unpaired) electrons. The first-order valence-electron chi connectivity index (χ1n) is 8.85. The number of nitrogens with zero attached hydrogens (tertiary/aromatic N) is 5. The maximum Gasteiger partial charge on any atom is 0.271 e. The number of rotatable bonds is 7. The number of aromatic nitrogens is 4.